The van der Waals surface area contributed by atoms with Crippen molar-refractivity contribution in [3.05, 3.63) is 24.5 Å². The zero-order valence-corrected chi connectivity index (χ0v) is 12.6. The number of H-pyrrole nitrogens is 1. The number of nitrogens with two attached hydrogens (primary N) is 1. The van der Waals surface area contributed by atoms with Gasteiger partial charge in [-0.15, -0.1) is 0 Å². The van der Waals surface area contributed by atoms with E-state index in [9.17, 15) is 8.42 Å². The largest absolute Gasteiger partial charge is 0.345 e. The number of nitrogens with zero attached hydrogens (tertiary/aromatic N) is 2. The van der Waals surface area contributed by atoms with Crippen molar-refractivity contribution in [2.24, 2.45) is 11.7 Å². The lowest BCUT2D eigenvalue weighted by Crippen LogP contribution is -2.40. The molecule has 0 bridgehead atoms. The van der Waals surface area contributed by atoms with Gasteiger partial charge in [0.05, 0.1) is 0 Å². The predicted molar refractivity (Wildman–Crippen MR) is 81.2 cm³/mol. The molecule has 0 aromatic carbocycles. The van der Waals surface area contributed by atoms with Gasteiger partial charge in [0.25, 0.3) is 0 Å². The second-order valence-electron chi connectivity index (χ2n) is 5.50. The Labute approximate surface area is 124 Å². The number of piperidine rings is 1. The van der Waals surface area contributed by atoms with Crippen molar-refractivity contribution in [3.63, 3.8) is 0 Å². The van der Waals surface area contributed by atoms with Crippen molar-refractivity contribution >= 4 is 21.1 Å². The van der Waals surface area contributed by atoms with Crippen LogP contribution in [-0.2, 0) is 10.0 Å². The number of aromatic amines is 1. The van der Waals surface area contributed by atoms with Gasteiger partial charge in [0, 0.05) is 30.9 Å². The van der Waals surface area contributed by atoms with Crippen LogP contribution in [0, 0.1) is 5.92 Å². The van der Waals surface area contributed by atoms with Crippen molar-refractivity contribution < 1.29 is 8.42 Å². The Hall–Kier alpha value is -1.44. The number of hydrogen-bond donors (Lipinski definition) is 2. The number of rotatable bonds is 4. The smallest absolute Gasteiger partial charge is 0.245 e. The van der Waals surface area contributed by atoms with Gasteiger partial charge in [-0.05, 0) is 43.9 Å². The molecular formula is C14H20N4O2S. The molecule has 7 heteroatoms. The first-order chi connectivity index (χ1) is 10.1. The molecule has 2 aromatic rings. The fourth-order valence-corrected chi connectivity index (χ4v) is 4.70. The van der Waals surface area contributed by atoms with E-state index in [4.69, 9.17) is 5.73 Å². The van der Waals surface area contributed by atoms with Crippen LogP contribution in [0.2, 0.25) is 0 Å². The Kier molecular flexibility index (Phi) is 3.97. The van der Waals surface area contributed by atoms with Gasteiger partial charge >= 0.3 is 0 Å². The molecule has 1 aliphatic rings. The normalized spacial score (nSPS) is 20.9. The summed E-state index contributed by atoms with van der Waals surface area (Å²) in [7, 11) is -3.48. The molecular weight excluding hydrogens is 288 g/mol. The van der Waals surface area contributed by atoms with E-state index in [1.165, 1.54) is 0 Å². The van der Waals surface area contributed by atoms with Gasteiger partial charge < -0.3 is 10.7 Å². The minimum absolute atomic E-state index is 0.319. The van der Waals surface area contributed by atoms with Gasteiger partial charge in [-0.1, -0.05) is 0 Å². The topological polar surface area (TPSA) is 92.1 Å². The van der Waals surface area contributed by atoms with Crippen molar-refractivity contribution in [2.45, 2.75) is 24.2 Å². The SMILES string of the molecule is NCCC1CCCN(S(=O)(=O)c2c[nH]c3ncccc23)C1. The summed E-state index contributed by atoms with van der Waals surface area (Å²) >= 11 is 0. The predicted octanol–water partition coefficient (Wildman–Crippen LogP) is 1.31. The molecule has 0 amide bonds. The Bertz CT molecular complexity index is 723. The van der Waals surface area contributed by atoms with Crippen LogP contribution in [0.3, 0.4) is 0 Å². The summed E-state index contributed by atoms with van der Waals surface area (Å²) in [6, 6.07) is 3.54. The second kappa shape index (κ2) is 5.75. The first-order valence-corrected chi connectivity index (χ1v) is 8.69. The monoisotopic (exact) mass is 308 g/mol. The van der Waals surface area contributed by atoms with Crippen LogP contribution in [0.1, 0.15) is 19.3 Å². The molecule has 1 saturated heterocycles. The highest BCUT2D eigenvalue weighted by Gasteiger charge is 2.31. The summed E-state index contributed by atoms with van der Waals surface area (Å²) < 4.78 is 27.3. The maximum Gasteiger partial charge on any atom is 0.245 e. The Morgan fingerprint density at radius 3 is 3.14 bits per heavy atom. The van der Waals surface area contributed by atoms with Crippen LogP contribution in [0.4, 0.5) is 0 Å². The molecule has 0 radical (unpaired) electrons. The van der Waals surface area contributed by atoms with Crippen LogP contribution >= 0.6 is 0 Å². The third kappa shape index (κ3) is 2.68. The average molecular weight is 308 g/mol. The quantitative estimate of drug-likeness (QED) is 0.891. The summed E-state index contributed by atoms with van der Waals surface area (Å²) in [5.74, 6) is 0.363. The van der Waals surface area contributed by atoms with Gasteiger partial charge in [0.15, 0.2) is 0 Å². The summed E-state index contributed by atoms with van der Waals surface area (Å²) in [6.45, 7) is 1.75. The second-order valence-corrected chi connectivity index (χ2v) is 7.41. The maximum absolute atomic E-state index is 12.9. The third-order valence-corrected chi connectivity index (χ3v) is 5.99. The van der Waals surface area contributed by atoms with Crippen LogP contribution in [0.25, 0.3) is 11.0 Å². The fourth-order valence-electron chi connectivity index (χ4n) is 3.00. The van der Waals surface area contributed by atoms with Crippen LogP contribution in [0.5, 0.6) is 0 Å². The number of sulfonamides is 1. The minimum Gasteiger partial charge on any atom is -0.345 e. The van der Waals surface area contributed by atoms with E-state index >= 15 is 0 Å². The Balaban J connectivity index is 1.93. The molecule has 6 nitrogen and oxygen atoms in total. The Morgan fingerprint density at radius 2 is 2.33 bits per heavy atom. The lowest BCUT2D eigenvalue weighted by molar-refractivity contribution is 0.258. The van der Waals surface area contributed by atoms with Crippen molar-refractivity contribution in [2.75, 3.05) is 19.6 Å². The number of pyridine rings is 1. The van der Waals surface area contributed by atoms with E-state index < -0.39 is 10.0 Å². The average Bonchev–Trinajstić information content (AvgIpc) is 2.92. The zero-order chi connectivity index (χ0) is 14.9. The zero-order valence-electron chi connectivity index (χ0n) is 11.8. The van der Waals surface area contributed by atoms with E-state index in [1.807, 2.05) is 0 Å². The summed E-state index contributed by atoms with van der Waals surface area (Å²) in [5.41, 5.74) is 6.20. The van der Waals surface area contributed by atoms with Crippen LogP contribution in [-0.4, -0.2) is 42.3 Å². The van der Waals surface area contributed by atoms with E-state index in [1.54, 1.807) is 28.8 Å². The molecule has 0 aliphatic carbocycles. The Morgan fingerprint density at radius 1 is 1.48 bits per heavy atom. The van der Waals surface area contributed by atoms with Gasteiger partial charge in [-0.25, -0.2) is 13.4 Å². The van der Waals surface area contributed by atoms with Gasteiger partial charge in [-0.3, -0.25) is 0 Å². The van der Waals surface area contributed by atoms with Crippen LogP contribution in [0.15, 0.2) is 29.4 Å². The summed E-state index contributed by atoms with van der Waals surface area (Å²) in [5, 5.41) is 0.651. The van der Waals surface area contributed by atoms with E-state index in [-0.39, 0.29) is 0 Å². The number of nitrogens with one attached hydrogen (secondary N) is 1. The van der Waals surface area contributed by atoms with Gasteiger partial charge in [0.2, 0.25) is 10.0 Å². The van der Waals surface area contributed by atoms with Crippen molar-refractivity contribution in [3.8, 4) is 0 Å². The highest BCUT2D eigenvalue weighted by atomic mass is 32.2. The summed E-state index contributed by atoms with van der Waals surface area (Å²) in [4.78, 5) is 7.40. The van der Waals surface area contributed by atoms with Crippen molar-refractivity contribution in [1.29, 1.82) is 0 Å². The van der Waals surface area contributed by atoms with Crippen LogP contribution < -0.4 is 5.73 Å². The lowest BCUT2D eigenvalue weighted by atomic mass is 9.96. The number of aromatic nitrogens is 2. The molecule has 1 atom stereocenters. The van der Waals surface area contributed by atoms with Gasteiger partial charge in [0.1, 0.15) is 10.5 Å². The first kappa shape index (κ1) is 14.5. The van der Waals surface area contributed by atoms with E-state index in [0.717, 1.165) is 19.3 Å². The highest BCUT2D eigenvalue weighted by molar-refractivity contribution is 7.89. The molecule has 3 rings (SSSR count). The molecule has 0 saturated carbocycles. The molecule has 1 aliphatic heterocycles. The highest BCUT2D eigenvalue weighted by Crippen LogP contribution is 2.28. The minimum atomic E-state index is -3.48. The standard InChI is InChI=1S/C14H20N4O2S/c15-6-5-11-3-2-8-18(10-11)21(19,20)13-9-17-14-12(13)4-1-7-16-14/h1,4,7,9,11H,2-3,5-6,8,10,15H2,(H,16,17). The number of hydrogen-bond acceptors (Lipinski definition) is 4. The molecule has 0 spiro atoms. The molecule has 1 fully saturated rings. The fraction of sp³-hybridized carbons (Fsp3) is 0.500. The molecule has 1 unspecified atom stereocenters. The molecule has 21 heavy (non-hydrogen) atoms. The molecule has 114 valence electrons. The summed E-state index contributed by atoms with van der Waals surface area (Å²) in [6.07, 6.45) is 6.01. The lowest BCUT2D eigenvalue weighted by Gasteiger charge is -2.31. The molecule has 3 heterocycles. The van der Waals surface area contributed by atoms with E-state index in [0.29, 0.717) is 41.5 Å². The number of fused-ring (bicyclic) bond motifs is 1. The molecule has 3 N–H and O–H groups in total. The first-order valence-electron chi connectivity index (χ1n) is 7.25. The maximum atomic E-state index is 12.9. The van der Waals surface area contributed by atoms with E-state index in [2.05, 4.69) is 9.97 Å². The molecule has 2 aromatic heterocycles. The van der Waals surface area contributed by atoms with Gasteiger partial charge in [-0.2, -0.15) is 4.31 Å². The van der Waals surface area contributed by atoms with Crippen molar-refractivity contribution in [1.82, 2.24) is 14.3 Å². The third-order valence-electron chi connectivity index (χ3n) is 4.09.